The molecule has 0 aliphatic heterocycles. The van der Waals surface area contributed by atoms with Gasteiger partial charge in [0.1, 0.15) is 4.90 Å². The number of carbonyl (C=O) groups excluding carboxylic acids is 1. The van der Waals surface area contributed by atoms with Crippen LogP contribution in [-0.4, -0.2) is 30.0 Å². The first kappa shape index (κ1) is 16.4. The number of nitrogens with zero attached hydrogens (tertiary/aromatic N) is 2. The zero-order chi connectivity index (χ0) is 16.7. The molecule has 0 unspecified atom stereocenters. The molecule has 0 saturated heterocycles. The molecule has 1 aromatic rings. The Hall–Kier alpha value is -1.51. The van der Waals surface area contributed by atoms with E-state index >= 15 is 0 Å². The Balaban J connectivity index is 1.65. The quantitative estimate of drug-likeness (QED) is 0.882. The lowest BCUT2D eigenvalue weighted by Crippen LogP contribution is -2.40. The molecule has 0 spiro atoms. The van der Waals surface area contributed by atoms with Crippen molar-refractivity contribution in [1.82, 2.24) is 14.5 Å². The molecule has 9 heteroatoms. The molecule has 1 N–H and O–H groups in total. The minimum Gasteiger partial charge on any atom is -0.274 e. The van der Waals surface area contributed by atoms with Gasteiger partial charge in [-0.15, -0.1) is 0 Å². The SMILES string of the molecule is O=C(NS(=O)(=O)c1cnn(CC2CC2)c1)[C@H]1CCCC(F)(F)C1. The molecule has 2 saturated carbocycles. The molecule has 0 radical (unpaired) electrons. The molecule has 0 bridgehead atoms. The predicted molar refractivity (Wildman–Crippen MR) is 77.2 cm³/mol. The number of carbonyl (C=O) groups is 1. The van der Waals surface area contributed by atoms with Gasteiger partial charge in [-0.25, -0.2) is 21.9 Å². The Kier molecular flexibility index (Phi) is 4.16. The Labute approximate surface area is 133 Å². The molecule has 2 fully saturated rings. The van der Waals surface area contributed by atoms with E-state index in [1.807, 2.05) is 4.72 Å². The molecule has 128 valence electrons. The van der Waals surface area contributed by atoms with E-state index < -0.39 is 34.2 Å². The summed E-state index contributed by atoms with van der Waals surface area (Å²) in [6.07, 6.45) is 4.38. The number of rotatable bonds is 5. The van der Waals surface area contributed by atoms with Gasteiger partial charge < -0.3 is 0 Å². The van der Waals surface area contributed by atoms with Crippen molar-refractivity contribution in [2.75, 3.05) is 0 Å². The van der Waals surface area contributed by atoms with E-state index in [0.29, 0.717) is 12.5 Å². The van der Waals surface area contributed by atoms with Crippen LogP contribution in [0.3, 0.4) is 0 Å². The fraction of sp³-hybridized carbons (Fsp3) is 0.714. The highest BCUT2D eigenvalue weighted by atomic mass is 32.2. The number of amides is 1. The number of hydrogen-bond acceptors (Lipinski definition) is 4. The highest BCUT2D eigenvalue weighted by Gasteiger charge is 2.40. The molecule has 1 aromatic heterocycles. The van der Waals surface area contributed by atoms with E-state index in [1.54, 1.807) is 0 Å². The first-order valence-electron chi connectivity index (χ1n) is 7.72. The molecular formula is C14H19F2N3O3S. The minimum atomic E-state index is -4.07. The van der Waals surface area contributed by atoms with Crippen molar-refractivity contribution >= 4 is 15.9 Å². The number of nitrogens with one attached hydrogen (secondary N) is 1. The monoisotopic (exact) mass is 347 g/mol. The molecule has 2 aliphatic carbocycles. The van der Waals surface area contributed by atoms with Gasteiger partial charge in [0.15, 0.2) is 0 Å². The summed E-state index contributed by atoms with van der Waals surface area (Å²) >= 11 is 0. The number of hydrogen-bond donors (Lipinski definition) is 1. The van der Waals surface area contributed by atoms with E-state index in [4.69, 9.17) is 0 Å². The minimum absolute atomic E-state index is 0.117. The third-order valence-electron chi connectivity index (χ3n) is 4.31. The van der Waals surface area contributed by atoms with Gasteiger partial charge in [0.2, 0.25) is 11.8 Å². The zero-order valence-electron chi connectivity index (χ0n) is 12.5. The van der Waals surface area contributed by atoms with Gasteiger partial charge in [0.25, 0.3) is 10.0 Å². The third kappa shape index (κ3) is 4.07. The molecule has 1 amide bonds. The lowest BCUT2D eigenvalue weighted by molar-refractivity contribution is -0.130. The van der Waals surface area contributed by atoms with Crippen molar-refractivity contribution in [2.45, 2.75) is 55.9 Å². The second-order valence-corrected chi connectivity index (χ2v) is 8.14. The maximum Gasteiger partial charge on any atom is 0.267 e. The smallest absolute Gasteiger partial charge is 0.267 e. The first-order valence-corrected chi connectivity index (χ1v) is 9.20. The Morgan fingerprint density at radius 3 is 2.78 bits per heavy atom. The molecule has 23 heavy (non-hydrogen) atoms. The van der Waals surface area contributed by atoms with Crippen molar-refractivity contribution in [3.63, 3.8) is 0 Å². The number of halogens is 2. The van der Waals surface area contributed by atoms with Gasteiger partial charge in [-0.05, 0) is 31.6 Å². The van der Waals surface area contributed by atoms with Crippen LogP contribution in [0, 0.1) is 11.8 Å². The molecule has 3 rings (SSSR count). The molecule has 0 aromatic carbocycles. The highest BCUT2D eigenvalue weighted by molar-refractivity contribution is 7.90. The van der Waals surface area contributed by atoms with Crippen LogP contribution in [0.4, 0.5) is 8.78 Å². The summed E-state index contributed by atoms with van der Waals surface area (Å²) in [5, 5.41) is 3.97. The Morgan fingerprint density at radius 1 is 1.39 bits per heavy atom. The van der Waals surface area contributed by atoms with Crippen LogP contribution < -0.4 is 4.72 Å². The fourth-order valence-corrected chi connectivity index (χ4v) is 3.81. The van der Waals surface area contributed by atoms with Gasteiger partial charge in [-0.3, -0.25) is 9.48 Å². The standard InChI is InChI=1S/C14H19F2N3O3S/c15-14(16)5-1-2-11(6-14)13(20)18-23(21,22)12-7-17-19(9-12)8-10-3-4-10/h7,9-11H,1-6,8H2,(H,18,20)/t11-/m0/s1. The second kappa shape index (κ2) is 5.85. The summed E-state index contributed by atoms with van der Waals surface area (Å²) in [7, 11) is -4.07. The average Bonchev–Trinajstić information content (AvgIpc) is 3.11. The third-order valence-corrected chi connectivity index (χ3v) is 5.61. The van der Waals surface area contributed by atoms with E-state index in [1.165, 1.54) is 17.1 Å². The average molecular weight is 347 g/mol. The largest absolute Gasteiger partial charge is 0.274 e. The predicted octanol–water partition coefficient (Wildman–Crippen LogP) is 1.92. The summed E-state index contributed by atoms with van der Waals surface area (Å²) < 4.78 is 54.5. The van der Waals surface area contributed by atoms with Crippen molar-refractivity contribution in [1.29, 1.82) is 0 Å². The van der Waals surface area contributed by atoms with Crippen LogP contribution in [0.15, 0.2) is 17.3 Å². The van der Waals surface area contributed by atoms with Crippen LogP contribution in [0.1, 0.15) is 38.5 Å². The van der Waals surface area contributed by atoms with Crippen LogP contribution >= 0.6 is 0 Å². The lowest BCUT2D eigenvalue weighted by atomic mass is 9.86. The Bertz CT molecular complexity index is 698. The number of alkyl halides is 2. The summed E-state index contributed by atoms with van der Waals surface area (Å²) in [4.78, 5) is 11.9. The summed E-state index contributed by atoms with van der Waals surface area (Å²) in [6.45, 7) is 0.651. The van der Waals surface area contributed by atoms with Crippen molar-refractivity contribution in [3.8, 4) is 0 Å². The molecule has 2 aliphatic rings. The van der Waals surface area contributed by atoms with Crippen molar-refractivity contribution in [3.05, 3.63) is 12.4 Å². The van der Waals surface area contributed by atoms with Crippen molar-refractivity contribution < 1.29 is 22.0 Å². The molecule has 1 heterocycles. The lowest BCUT2D eigenvalue weighted by Gasteiger charge is -2.27. The van der Waals surface area contributed by atoms with Gasteiger partial charge in [-0.2, -0.15) is 5.10 Å². The van der Waals surface area contributed by atoms with Gasteiger partial charge in [0, 0.05) is 31.5 Å². The summed E-state index contributed by atoms with van der Waals surface area (Å²) in [6, 6.07) is 0. The van der Waals surface area contributed by atoms with Crippen LogP contribution in [0.2, 0.25) is 0 Å². The van der Waals surface area contributed by atoms with Crippen molar-refractivity contribution in [2.24, 2.45) is 11.8 Å². The fourth-order valence-electron chi connectivity index (χ4n) is 2.82. The highest BCUT2D eigenvalue weighted by Crippen LogP contribution is 2.36. The molecular weight excluding hydrogens is 328 g/mol. The first-order chi connectivity index (χ1) is 10.8. The zero-order valence-corrected chi connectivity index (χ0v) is 13.4. The van der Waals surface area contributed by atoms with Crippen LogP contribution in [0.5, 0.6) is 0 Å². The maximum atomic E-state index is 13.4. The summed E-state index contributed by atoms with van der Waals surface area (Å²) in [5.74, 6) is -4.21. The number of sulfonamides is 1. The van der Waals surface area contributed by atoms with Gasteiger partial charge >= 0.3 is 0 Å². The van der Waals surface area contributed by atoms with Gasteiger partial charge in [0.05, 0.1) is 6.20 Å². The molecule has 6 nitrogen and oxygen atoms in total. The van der Waals surface area contributed by atoms with E-state index in [9.17, 15) is 22.0 Å². The molecule has 1 atom stereocenters. The van der Waals surface area contributed by atoms with Gasteiger partial charge in [-0.1, -0.05) is 0 Å². The normalized spacial score (nSPS) is 24.3. The summed E-state index contributed by atoms with van der Waals surface area (Å²) in [5.41, 5.74) is 0. The van der Waals surface area contributed by atoms with E-state index in [0.717, 1.165) is 12.8 Å². The maximum absolute atomic E-state index is 13.4. The second-order valence-electron chi connectivity index (χ2n) is 6.46. The van der Waals surface area contributed by atoms with Crippen LogP contribution in [0.25, 0.3) is 0 Å². The topological polar surface area (TPSA) is 81.1 Å². The Morgan fingerprint density at radius 2 is 2.13 bits per heavy atom. The van der Waals surface area contributed by atoms with E-state index in [-0.39, 0.29) is 24.2 Å². The number of aromatic nitrogens is 2. The van der Waals surface area contributed by atoms with Crippen LogP contribution in [-0.2, 0) is 21.4 Å². The van der Waals surface area contributed by atoms with E-state index in [2.05, 4.69) is 5.10 Å².